The van der Waals surface area contributed by atoms with Crippen molar-refractivity contribution >= 4 is 11.6 Å². The largest absolute Gasteiger partial charge is 0.494 e. The third-order valence-corrected chi connectivity index (χ3v) is 9.33. The molecule has 2 heterocycles. The Morgan fingerprint density at radius 3 is 2.36 bits per heavy atom. The summed E-state index contributed by atoms with van der Waals surface area (Å²) >= 11 is 0. The molecular weight excluding hydrogens is 446 g/mol. The molecule has 200 valence electrons. The molecule has 4 aliphatic rings. The van der Waals surface area contributed by atoms with Gasteiger partial charge in [-0.3, -0.25) is 4.79 Å². The van der Waals surface area contributed by atoms with Crippen LogP contribution in [0, 0.1) is 11.8 Å². The third-order valence-electron chi connectivity index (χ3n) is 9.33. The van der Waals surface area contributed by atoms with Crippen LogP contribution in [0.1, 0.15) is 90.9 Å². The fraction of sp³-hybridized carbons (Fsp3) is 0.774. The van der Waals surface area contributed by atoms with Gasteiger partial charge in [0.25, 0.3) is 0 Å². The fourth-order valence-electron chi connectivity index (χ4n) is 7.07. The zero-order valence-corrected chi connectivity index (χ0v) is 22.9. The van der Waals surface area contributed by atoms with E-state index < -0.39 is 0 Å². The lowest BCUT2D eigenvalue weighted by Crippen LogP contribution is -2.52. The molecule has 2 unspecified atom stereocenters. The van der Waals surface area contributed by atoms with E-state index in [9.17, 15) is 4.79 Å². The average molecular weight is 496 g/mol. The van der Waals surface area contributed by atoms with E-state index in [1.54, 1.807) is 0 Å². The Labute approximate surface area is 219 Å². The minimum Gasteiger partial charge on any atom is -0.494 e. The summed E-state index contributed by atoms with van der Waals surface area (Å²) in [5.74, 6) is 2.91. The quantitative estimate of drug-likeness (QED) is 0.327. The molecule has 2 saturated carbocycles. The van der Waals surface area contributed by atoms with E-state index in [0.717, 1.165) is 61.9 Å². The number of hydrogen-bond acceptors (Lipinski definition) is 4. The van der Waals surface area contributed by atoms with Crippen molar-refractivity contribution in [2.75, 3.05) is 44.2 Å². The summed E-state index contributed by atoms with van der Waals surface area (Å²) in [6, 6.07) is 9.05. The standard InChI is InChI=1S/C31H49N3O2/c1-25-8-6-19-33(25)20-7-21-36-29-15-13-28(14-16-29)34-30(35)17-18-31(34,2)24-32(23-27-11-12-27)22-26-9-4-3-5-10-26/h13-16,25-27H,3-12,17-24H2,1-2H3. The van der Waals surface area contributed by atoms with Gasteiger partial charge in [-0.05, 0) is 108 Å². The van der Waals surface area contributed by atoms with Crippen LogP contribution in [0.4, 0.5) is 5.69 Å². The van der Waals surface area contributed by atoms with E-state index in [-0.39, 0.29) is 11.4 Å². The topological polar surface area (TPSA) is 36.0 Å². The molecule has 2 aliphatic heterocycles. The molecule has 0 bridgehead atoms. The normalized spacial score (nSPS) is 27.9. The fourth-order valence-corrected chi connectivity index (χ4v) is 7.07. The van der Waals surface area contributed by atoms with Crippen LogP contribution in [0.3, 0.4) is 0 Å². The molecule has 1 amide bonds. The summed E-state index contributed by atoms with van der Waals surface area (Å²) in [5, 5.41) is 0. The second-order valence-electron chi connectivity index (χ2n) is 12.6. The van der Waals surface area contributed by atoms with Crippen molar-refractivity contribution in [2.45, 2.75) is 102 Å². The van der Waals surface area contributed by atoms with Gasteiger partial charge in [-0.2, -0.15) is 0 Å². The molecule has 2 saturated heterocycles. The molecule has 4 fully saturated rings. The molecule has 0 radical (unpaired) electrons. The summed E-state index contributed by atoms with van der Waals surface area (Å²) in [5.41, 5.74) is 0.900. The van der Waals surface area contributed by atoms with E-state index in [4.69, 9.17) is 4.74 Å². The highest BCUT2D eigenvalue weighted by molar-refractivity contribution is 5.97. The number of carbonyl (C=O) groups excluding carboxylic acids is 1. The number of hydrogen-bond donors (Lipinski definition) is 0. The van der Waals surface area contributed by atoms with Gasteiger partial charge in [0.2, 0.25) is 5.91 Å². The zero-order chi connectivity index (χ0) is 25.0. The number of likely N-dealkylation sites (tertiary alicyclic amines) is 1. The van der Waals surface area contributed by atoms with Crippen LogP contribution in [0.2, 0.25) is 0 Å². The predicted molar refractivity (Wildman–Crippen MR) is 148 cm³/mol. The highest BCUT2D eigenvalue weighted by atomic mass is 16.5. The van der Waals surface area contributed by atoms with Gasteiger partial charge in [-0.25, -0.2) is 0 Å². The molecule has 2 aliphatic carbocycles. The van der Waals surface area contributed by atoms with Crippen molar-refractivity contribution < 1.29 is 9.53 Å². The minimum absolute atomic E-state index is 0.130. The number of amides is 1. The van der Waals surface area contributed by atoms with Crippen LogP contribution in [0.5, 0.6) is 5.75 Å². The van der Waals surface area contributed by atoms with Crippen LogP contribution >= 0.6 is 0 Å². The molecule has 0 spiro atoms. The Balaban J connectivity index is 1.18. The van der Waals surface area contributed by atoms with Gasteiger partial charge in [0.15, 0.2) is 0 Å². The Morgan fingerprint density at radius 2 is 1.69 bits per heavy atom. The number of benzene rings is 1. The minimum atomic E-state index is -0.130. The first kappa shape index (κ1) is 26.0. The van der Waals surface area contributed by atoms with E-state index >= 15 is 0 Å². The van der Waals surface area contributed by atoms with Crippen molar-refractivity contribution in [1.82, 2.24) is 9.80 Å². The summed E-state index contributed by atoms with van der Waals surface area (Å²) in [6.45, 7) is 11.2. The lowest BCUT2D eigenvalue weighted by molar-refractivity contribution is -0.117. The van der Waals surface area contributed by atoms with Crippen LogP contribution in [0.15, 0.2) is 24.3 Å². The summed E-state index contributed by atoms with van der Waals surface area (Å²) < 4.78 is 6.06. The number of carbonyl (C=O) groups is 1. The van der Waals surface area contributed by atoms with Crippen molar-refractivity contribution in [3.8, 4) is 5.75 Å². The summed E-state index contributed by atoms with van der Waals surface area (Å²) in [6.07, 6.45) is 15.1. The molecule has 5 nitrogen and oxygen atoms in total. The zero-order valence-electron chi connectivity index (χ0n) is 22.9. The monoisotopic (exact) mass is 495 g/mol. The molecule has 0 N–H and O–H groups in total. The third kappa shape index (κ3) is 6.64. The van der Waals surface area contributed by atoms with E-state index in [0.29, 0.717) is 6.42 Å². The lowest BCUT2D eigenvalue weighted by Gasteiger charge is -2.41. The van der Waals surface area contributed by atoms with Gasteiger partial charge in [0.05, 0.1) is 12.1 Å². The van der Waals surface area contributed by atoms with Crippen LogP contribution < -0.4 is 9.64 Å². The maximum atomic E-state index is 13.1. The van der Waals surface area contributed by atoms with E-state index in [2.05, 4.69) is 52.8 Å². The van der Waals surface area contributed by atoms with E-state index in [1.165, 1.54) is 77.4 Å². The van der Waals surface area contributed by atoms with Crippen molar-refractivity contribution in [1.29, 1.82) is 0 Å². The van der Waals surface area contributed by atoms with Crippen molar-refractivity contribution in [3.05, 3.63) is 24.3 Å². The number of anilines is 1. The predicted octanol–water partition coefficient (Wildman–Crippen LogP) is 6.12. The average Bonchev–Trinajstić information content (AvgIpc) is 3.52. The molecule has 5 rings (SSSR count). The Hall–Kier alpha value is -1.59. The SMILES string of the molecule is CC1CCCN1CCCOc1ccc(N2C(=O)CCC2(C)CN(CC2CCCCC2)CC2CC2)cc1. The maximum absolute atomic E-state index is 13.1. The smallest absolute Gasteiger partial charge is 0.227 e. The Bertz CT molecular complexity index is 848. The first-order valence-corrected chi connectivity index (χ1v) is 15.0. The van der Waals surface area contributed by atoms with Gasteiger partial charge < -0.3 is 19.4 Å². The molecule has 5 heteroatoms. The first-order chi connectivity index (χ1) is 17.5. The molecule has 1 aromatic rings. The van der Waals surface area contributed by atoms with Gasteiger partial charge in [0.1, 0.15) is 5.75 Å². The highest BCUT2D eigenvalue weighted by Crippen LogP contribution is 2.38. The van der Waals surface area contributed by atoms with Gasteiger partial charge in [0, 0.05) is 44.3 Å². The van der Waals surface area contributed by atoms with Gasteiger partial charge in [-0.15, -0.1) is 0 Å². The highest BCUT2D eigenvalue weighted by Gasteiger charge is 2.44. The van der Waals surface area contributed by atoms with Crippen molar-refractivity contribution in [2.24, 2.45) is 11.8 Å². The Morgan fingerprint density at radius 1 is 0.972 bits per heavy atom. The van der Waals surface area contributed by atoms with Crippen molar-refractivity contribution in [3.63, 3.8) is 0 Å². The molecular formula is C31H49N3O2. The Kier molecular flexibility index (Phi) is 8.57. The molecule has 0 aromatic heterocycles. The summed E-state index contributed by atoms with van der Waals surface area (Å²) in [7, 11) is 0. The maximum Gasteiger partial charge on any atom is 0.227 e. The van der Waals surface area contributed by atoms with Gasteiger partial charge in [-0.1, -0.05) is 19.3 Å². The number of ether oxygens (including phenoxy) is 1. The number of rotatable bonds is 12. The molecule has 1 aromatic carbocycles. The molecule has 2 atom stereocenters. The van der Waals surface area contributed by atoms with Gasteiger partial charge >= 0.3 is 0 Å². The molecule has 36 heavy (non-hydrogen) atoms. The van der Waals surface area contributed by atoms with E-state index in [1.807, 2.05) is 0 Å². The summed E-state index contributed by atoms with van der Waals surface area (Å²) in [4.78, 5) is 20.5. The first-order valence-electron chi connectivity index (χ1n) is 15.0. The second-order valence-corrected chi connectivity index (χ2v) is 12.6. The second kappa shape index (κ2) is 11.9. The van der Waals surface area contributed by atoms with Crippen LogP contribution in [0.25, 0.3) is 0 Å². The van der Waals surface area contributed by atoms with Crippen LogP contribution in [-0.4, -0.2) is 66.6 Å². The number of nitrogens with zero attached hydrogens (tertiary/aromatic N) is 3. The van der Waals surface area contributed by atoms with Crippen LogP contribution in [-0.2, 0) is 4.79 Å². The lowest BCUT2D eigenvalue weighted by atomic mass is 9.88.